The first-order valence-electron chi connectivity index (χ1n) is 12.9. The maximum Gasteiger partial charge on any atom is 0.377 e. The average Bonchev–Trinajstić information content (AvgIpc) is 3.67. The lowest BCUT2D eigenvalue weighted by Gasteiger charge is -2.27. The first-order chi connectivity index (χ1) is 18.7. The monoisotopic (exact) mass is 534 g/mol. The second kappa shape index (κ2) is 9.73. The minimum Gasteiger partial charge on any atom is -0.375 e. The van der Waals surface area contributed by atoms with Gasteiger partial charge in [-0.1, -0.05) is 24.0 Å². The van der Waals surface area contributed by atoms with Crippen LogP contribution in [-0.2, 0) is 22.2 Å². The summed E-state index contributed by atoms with van der Waals surface area (Å²) in [5.41, 5.74) is 0.580. The molecule has 3 heterocycles. The van der Waals surface area contributed by atoms with Crippen molar-refractivity contribution in [2.75, 3.05) is 24.6 Å². The zero-order chi connectivity index (χ0) is 27.3. The van der Waals surface area contributed by atoms with Crippen LogP contribution in [0.4, 0.5) is 15.9 Å². The molecule has 39 heavy (non-hydrogen) atoms. The molecule has 11 heteroatoms. The molecular formula is C28H27FN4O6. The van der Waals surface area contributed by atoms with Gasteiger partial charge in [-0.3, -0.25) is 4.79 Å². The minimum atomic E-state index is -3.58. The molecule has 6 rings (SSSR count). The number of carbonyl (C=O) groups is 1. The van der Waals surface area contributed by atoms with Crippen molar-refractivity contribution in [2.45, 2.75) is 44.4 Å². The summed E-state index contributed by atoms with van der Waals surface area (Å²) in [7, 11) is 0. The number of fused-ring (bicyclic) bond motifs is 2. The Morgan fingerprint density at radius 3 is 2.67 bits per heavy atom. The fraction of sp³-hybridized carbons (Fsp3) is 0.393. The van der Waals surface area contributed by atoms with E-state index in [9.17, 15) is 24.9 Å². The molecule has 1 aliphatic carbocycles. The normalized spacial score (nSPS) is 19.4. The number of carbonyl (C=O) groups excluding carboxylic acids is 1. The van der Waals surface area contributed by atoms with Crippen molar-refractivity contribution < 1.29 is 29.2 Å². The van der Waals surface area contributed by atoms with E-state index < -0.39 is 17.6 Å². The lowest BCUT2D eigenvalue weighted by Crippen LogP contribution is -2.43. The number of hydrogen-bond donors (Lipinski definition) is 3. The zero-order valence-electron chi connectivity index (χ0n) is 21.0. The van der Waals surface area contributed by atoms with Crippen molar-refractivity contribution in [2.24, 2.45) is 5.92 Å². The van der Waals surface area contributed by atoms with E-state index in [0.717, 1.165) is 37.3 Å². The van der Waals surface area contributed by atoms with Crippen molar-refractivity contribution in [1.29, 1.82) is 0 Å². The Bertz CT molecular complexity index is 1580. The predicted molar refractivity (Wildman–Crippen MR) is 138 cm³/mol. The number of benzene rings is 2. The van der Waals surface area contributed by atoms with Gasteiger partial charge in [-0.25, -0.2) is 13.8 Å². The van der Waals surface area contributed by atoms with Gasteiger partial charge in [-0.15, -0.1) is 0 Å². The lowest BCUT2D eigenvalue weighted by molar-refractivity contribution is -0.374. The number of aliphatic hydroxyl groups is 3. The van der Waals surface area contributed by atoms with Gasteiger partial charge in [0.1, 0.15) is 5.82 Å². The summed E-state index contributed by atoms with van der Waals surface area (Å²) < 4.78 is 21.2. The third-order valence-electron chi connectivity index (χ3n) is 7.39. The summed E-state index contributed by atoms with van der Waals surface area (Å²) >= 11 is 0. The molecule has 0 spiro atoms. The fourth-order valence-corrected chi connectivity index (χ4v) is 5.38. The molecule has 2 fully saturated rings. The van der Waals surface area contributed by atoms with Gasteiger partial charge in [0.2, 0.25) is 5.91 Å². The molecule has 202 valence electrons. The van der Waals surface area contributed by atoms with Crippen LogP contribution in [0, 0.1) is 23.6 Å². The maximum absolute atomic E-state index is 15.2. The molecular weight excluding hydrogens is 507 g/mol. The number of rotatable bonds is 3. The molecule has 1 aromatic heterocycles. The first-order valence-corrected chi connectivity index (χ1v) is 12.9. The Labute approximate surface area is 222 Å². The van der Waals surface area contributed by atoms with Crippen molar-refractivity contribution >= 4 is 28.3 Å². The number of halogens is 1. The van der Waals surface area contributed by atoms with Crippen molar-refractivity contribution in [3.8, 4) is 11.8 Å². The van der Waals surface area contributed by atoms with Crippen LogP contribution in [-0.4, -0.2) is 61.4 Å². The third kappa shape index (κ3) is 4.66. The van der Waals surface area contributed by atoms with E-state index in [1.54, 1.807) is 17.0 Å². The Kier molecular flexibility index (Phi) is 6.35. The number of hydrogen-bond acceptors (Lipinski definition) is 8. The number of amides is 1. The molecule has 10 nitrogen and oxygen atoms in total. The molecule has 3 aromatic rings. The second-order valence-electron chi connectivity index (χ2n) is 10.0. The molecule has 3 N–H and O–H groups in total. The third-order valence-corrected chi connectivity index (χ3v) is 7.39. The maximum atomic E-state index is 15.2. The van der Waals surface area contributed by atoms with E-state index in [0.29, 0.717) is 17.8 Å². The van der Waals surface area contributed by atoms with Crippen molar-refractivity contribution in [3.63, 3.8) is 0 Å². The highest BCUT2D eigenvalue weighted by Gasteiger charge is 2.38. The number of anilines is 2. The molecule has 1 saturated carbocycles. The highest BCUT2D eigenvalue weighted by molar-refractivity contribution is 5.93. The van der Waals surface area contributed by atoms with Crippen LogP contribution in [0.2, 0.25) is 0 Å². The van der Waals surface area contributed by atoms with Gasteiger partial charge in [-0.2, -0.15) is 4.98 Å². The average molecular weight is 535 g/mol. The smallest absolute Gasteiger partial charge is 0.375 e. The van der Waals surface area contributed by atoms with Crippen molar-refractivity contribution in [3.05, 3.63) is 63.8 Å². The predicted octanol–water partition coefficient (Wildman–Crippen LogP) is 1.50. The molecule has 3 aliphatic rings. The van der Waals surface area contributed by atoms with Crippen molar-refractivity contribution in [1.82, 2.24) is 14.5 Å². The van der Waals surface area contributed by atoms with E-state index in [1.165, 1.54) is 12.1 Å². The largest absolute Gasteiger partial charge is 0.377 e. The van der Waals surface area contributed by atoms with E-state index in [1.807, 2.05) is 11.0 Å². The number of ether oxygens (including phenoxy) is 1. The summed E-state index contributed by atoms with van der Waals surface area (Å²) in [5.74, 6) is 6.01. The van der Waals surface area contributed by atoms with Gasteiger partial charge in [0, 0.05) is 35.8 Å². The molecule has 1 atom stereocenters. The number of likely N-dealkylation sites (tertiary alicyclic amines) is 1. The summed E-state index contributed by atoms with van der Waals surface area (Å²) in [6.45, 7) is 1.39. The van der Waals surface area contributed by atoms with Crippen LogP contribution in [0.3, 0.4) is 0 Å². The molecule has 2 aromatic carbocycles. The topological polar surface area (TPSA) is 128 Å². The standard InChI is InChI=1S/C28H27FN4O6/c29-21-6-2-8-23-24(21)25(30-27(35)33(23)28(36,37)38)32-14-15-39-16-20-17(4-1-7-22(20)32)11-12-19-5-3-13-31(19)26(34)18-9-10-18/h1-2,4,6-8,18-19,36-38H,3,5,9-10,13-16H2. The van der Waals surface area contributed by atoms with E-state index >= 15 is 4.39 Å². The Morgan fingerprint density at radius 1 is 1.10 bits per heavy atom. The summed E-state index contributed by atoms with van der Waals surface area (Å²) in [6.07, 6.45) is 0.0361. The second-order valence-corrected chi connectivity index (χ2v) is 10.0. The SMILES string of the molecule is O=C(C1CC1)N1CCCC1C#Cc1cccc2c1COCCN2c1nc(=O)n(C(O)(O)O)c2cccc(F)c12. The molecule has 1 unspecified atom stereocenters. The van der Waals surface area contributed by atoms with Crippen LogP contribution in [0.25, 0.3) is 10.9 Å². The molecule has 2 aliphatic heterocycles. The Balaban J connectivity index is 1.44. The van der Waals surface area contributed by atoms with Crippen LogP contribution in [0.5, 0.6) is 0 Å². The summed E-state index contributed by atoms with van der Waals surface area (Å²) in [5, 5.41) is 29.1. The fourth-order valence-electron chi connectivity index (χ4n) is 5.38. The van der Waals surface area contributed by atoms with Gasteiger partial charge in [0.25, 0.3) is 0 Å². The molecule has 1 amide bonds. The van der Waals surface area contributed by atoms with Gasteiger partial charge in [0.05, 0.1) is 30.2 Å². The molecule has 0 radical (unpaired) electrons. The van der Waals surface area contributed by atoms with Crippen LogP contribution >= 0.6 is 0 Å². The lowest BCUT2D eigenvalue weighted by atomic mass is 10.0. The summed E-state index contributed by atoms with van der Waals surface area (Å²) in [4.78, 5) is 33.0. The quantitative estimate of drug-likeness (QED) is 0.341. The number of nitrogens with zero attached hydrogens (tertiary/aromatic N) is 4. The van der Waals surface area contributed by atoms with Crippen LogP contribution < -0.4 is 10.6 Å². The molecule has 1 saturated heterocycles. The first kappa shape index (κ1) is 25.5. The minimum absolute atomic E-state index is 0.0533. The zero-order valence-corrected chi connectivity index (χ0v) is 21.0. The Hall–Kier alpha value is -3.82. The molecule has 0 bridgehead atoms. The number of aromatic nitrogens is 2. The van der Waals surface area contributed by atoms with E-state index in [2.05, 4.69) is 16.8 Å². The van der Waals surface area contributed by atoms with E-state index in [4.69, 9.17) is 4.74 Å². The van der Waals surface area contributed by atoms with Gasteiger partial charge >= 0.3 is 11.8 Å². The highest BCUT2D eigenvalue weighted by Crippen LogP contribution is 2.37. The van der Waals surface area contributed by atoms with Gasteiger partial charge < -0.3 is 29.9 Å². The van der Waals surface area contributed by atoms with Crippen LogP contribution in [0.1, 0.15) is 36.8 Å². The Morgan fingerprint density at radius 2 is 1.90 bits per heavy atom. The van der Waals surface area contributed by atoms with E-state index in [-0.39, 0.29) is 58.9 Å². The summed E-state index contributed by atoms with van der Waals surface area (Å²) in [6, 6.07) is 9.02. The van der Waals surface area contributed by atoms with Crippen LogP contribution in [0.15, 0.2) is 41.2 Å². The van der Waals surface area contributed by atoms with Gasteiger partial charge in [0.15, 0.2) is 5.82 Å². The van der Waals surface area contributed by atoms with Gasteiger partial charge in [-0.05, 0) is 49.9 Å². The highest BCUT2D eigenvalue weighted by atomic mass is 19.1.